The first-order valence-corrected chi connectivity index (χ1v) is 7.37. The first-order chi connectivity index (χ1) is 11.8. The van der Waals surface area contributed by atoms with Crippen LogP contribution in [0.5, 0.6) is 5.75 Å². The zero-order valence-corrected chi connectivity index (χ0v) is 14.0. The van der Waals surface area contributed by atoms with Gasteiger partial charge in [0.25, 0.3) is 0 Å². The van der Waals surface area contributed by atoms with Gasteiger partial charge in [-0.3, -0.25) is 4.79 Å². The van der Waals surface area contributed by atoms with Crippen LogP contribution in [0.2, 0.25) is 0 Å². The molecule has 1 heterocycles. The van der Waals surface area contributed by atoms with E-state index in [0.717, 1.165) is 17.8 Å². The van der Waals surface area contributed by atoms with E-state index in [-0.39, 0.29) is 5.76 Å². The lowest BCUT2D eigenvalue weighted by atomic mass is 10.1. The molecule has 1 aromatic carbocycles. The van der Waals surface area contributed by atoms with Gasteiger partial charge in [-0.2, -0.15) is 0 Å². The van der Waals surface area contributed by atoms with Crippen LogP contribution in [0.25, 0.3) is 6.08 Å². The molecule has 0 aliphatic rings. The van der Waals surface area contributed by atoms with Crippen LogP contribution in [0.4, 0.5) is 14.3 Å². The van der Waals surface area contributed by atoms with Gasteiger partial charge >= 0.3 is 13.1 Å². The molecule has 0 fully saturated rings. The second-order valence-electron chi connectivity index (χ2n) is 5.45. The van der Waals surface area contributed by atoms with Crippen LogP contribution in [-0.2, 0) is 0 Å². The topological polar surface area (TPSA) is 59.8 Å². The van der Waals surface area contributed by atoms with Crippen molar-refractivity contribution in [2.24, 2.45) is 0 Å². The summed E-state index contributed by atoms with van der Waals surface area (Å²) < 4.78 is 34.1. The number of hydrogen-bond donors (Lipinski definition) is 0. The molecule has 0 N–H and O–H groups in total. The van der Waals surface area contributed by atoms with Gasteiger partial charge in [-0.05, 0) is 30.7 Å². The Morgan fingerprint density at radius 3 is 2.44 bits per heavy atom. The highest BCUT2D eigenvalue weighted by atomic mass is 19.2. The van der Waals surface area contributed by atoms with Crippen LogP contribution in [0.1, 0.15) is 21.7 Å². The highest BCUT2D eigenvalue weighted by Crippen LogP contribution is 2.20. The number of aryl methyl sites for hydroxylation is 1. The van der Waals surface area contributed by atoms with Crippen molar-refractivity contribution in [2.45, 2.75) is 6.92 Å². The van der Waals surface area contributed by atoms with Crippen molar-refractivity contribution < 1.29 is 22.5 Å². The maximum absolute atomic E-state index is 12.5. The quantitative estimate of drug-likeness (QED) is 0.456. The first-order valence-electron chi connectivity index (χ1n) is 7.37. The number of allylic oxidation sites excluding steroid dienone is 1. The summed E-state index contributed by atoms with van der Waals surface area (Å²) in [7, 11) is 0.640. The van der Waals surface area contributed by atoms with Crippen molar-refractivity contribution in [1.82, 2.24) is 0 Å². The molecule has 130 valence electrons. The van der Waals surface area contributed by atoms with Crippen LogP contribution in [0.3, 0.4) is 0 Å². The van der Waals surface area contributed by atoms with E-state index < -0.39 is 30.2 Å². The van der Waals surface area contributed by atoms with E-state index in [4.69, 9.17) is 4.42 Å². The summed E-state index contributed by atoms with van der Waals surface area (Å²) in [4.78, 5) is 26.0. The Morgan fingerprint density at radius 2 is 1.88 bits per heavy atom. The van der Waals surface area contributed by atoms with E-state index in [2.05, 4.69) is 4.65 Å². The standard InChI is InChI=1S/C17H16BF2NO4/c1-11-10-15(25-18(19)20)16(17(23)24-11)14(22)9-6-12-4-7-13(8-5-12)21(2)3/h4-10H,1-3H3/b9-6+. The lowest BCUT2D eigenvalue weighted by molar-refractivity contribution is 0.104. The van der Waals surface area contributed by atoms with E-state index in [0.29, 0.717) is 5.56 Å². The molecule has 0 atom stereocenters. The molecule has 0 saturated heterocycles. The van der Waals surface area contributed by atoms with Crippen molar-refractivity contribution in [3.63, 3.8) is 0 Å². The Morgan fingerprint density at radius 1 is 1.24 bits per heavy atom. The molecule has 8 heteroatoms. The Hall–Kier alpha value is -2.90. The maximum Gasteiger partial charge on any atom is 0.796 e. The predicted molar refractivity (Wildman–Crippen MR) is 92.4 cm³/mol. The normalized spacial score (nSPS) is 10.8. The number of ketones is 1. The van der Waals surface area contributed by atoms with Crippen LogP contribution < -0.4 is 15.2 Å². The van der Waals surface area contributed by atoms with Gasteiger partial charge in [0.05, 0.1) is 0 Å². The summed E-state index contributed by atoms with van der Waals surface area (Å²) >= 11 is 0. The minimum absolute atomic E-state index is 0.0699. The zero-order chi connectivity index (χ0) is 18.6. The average Bonchev–Trinajstić information content (AvgIpc) is 2.52. The number of carbonyl (C=O) groups excluding carboxylic acids is 1. The minimum atomic E-state index is -3.16. The van der Waals surface area contributed by atoms with E-state index in [1.54, 1.807) is 12.1 Å². The third-order valence-corrected chi connectivity index (χ3v) is 3.34. The van der Waals surface area contributed by atoms with E-state index >= 15 is 0 Å². The maximum atomic E-state index is 12.5. The van der Waals surface area contributed by atoms with Gasteiger partial charge in [0.15, 0.2) is 5.78 Å². The van der Waals surface area contributed by atoms with Gasteiger partial charge in [-0.1, -0.05) is 18.2 Å². The molecule has 0 bridgehead atoms. The van der Waals surface area contributed by atoms with E-state index in [9.17, 15) is 18.2 Å². The largest absolute Gasteiger partial charge is 0.796 e. The number of halogens is 2. The lowest BCUT2D eigenvalue weighted by Gasteiger charge is -2.11. The zero-order valence-electron chi connectivity index (χ0n) is 14.0. The molecule has 2 rings (SSSR count). The van der Waals surface area contributed by atoms with Gasteiger partial charge in [0.2, 0.25) is 0 Å². The van der Waals surface area contributed by atoms with Crippen molar-refractivity contribution in [2.75, 3.05) is 19.0 Å². The fraction of sp³-hybridized carbons (Fsp3) is 0.176. The van der Waals surface area contributed by atoms with Gasteiger partial charge in [0, 0.05) is 25.8 Å². The minimum Gasteiger partial charge on any atom is -0.504 e. The Labute approximate surface area is 143 Å². The summed E-state index contributed by atoms with van der Waals surface area (Å²) in [5.74, 6) is -1.21. The summed E-state index contributed by atoms with van der Waals surface area (Å²) in [5.41, 5.74) is 0.113. The molecule has 1 aromatic heterocycles. The molecule has 25 heavy (non-hydrogen) atoms. The highest BCUT2D eigenvalue weighted by molar-refractivity contribution is 6.35. The average molecular weight is 347 g/mol. The second kappa shape index (κ2) is 7.78. The molecular weight excluding hydrogens is 331 g/mol. The molecule has 0 saturated carbocycles. The van der Waals surface area contributed by atoms with E-state index in [1.807, 2.05) is 31.1 Å². The van der Waals surface area contributed by atoms with E-state index in [1.165, 1.54) is 13.0 Å². The van der Waals surface area contributed by atoms with Crippen LogP contribution in [0, 0.1) is 6.92 Å². The Balaban J connectivity index is 2.29. The van der Waals surface area contributed by atoms with Gasteiger partial charge in [0.1, 0.15) is 17.1 Å². The number of benzene rings is 1. The summed E-state index contributed by atoms with van der Waals surface area (Å²) in [5, 5.41) is 0. The van der Waals surface area contributed by atoms with Crippen molar-refractivity contribution in [3.05, 3.63) is 63.7 Å². The third kappa shape index (κ3) is 4.79. The molecule has 0 radical (unpaired) electrons. The van der Waals surface area contributed by atoms with Gasteiger partial charge < -0.3 is 14.0 Å². The Kier molecular flexibility index (Phi) is 5.74. The summed E-state index contributed by atoms with van der Waals surface area (Å²) in [6.45, 7) is 1.40. The number of carbonyl (C=O) groups is 1. The lowest BCUT2D eigenvalue weighted by Crippen LogP contribution is -2.19. The molecule has 0 aliphatic carbocycles. The molecular formula is C17H16BF2NO4. The van der Waals surface area contributed by atoms with Crippen LogP contribution in [0.15, 0.2) is 45.6 Å². The van der Waals surface area contributed by atoms with Gasteiger partial charge in [-0.15, -0.1) is 0 Å². The van der Waals surface area contributed by atoms with Crippen molar-refractivity contribution >= 4 is 25.0 Å². The monoisotopic (exact) mass is 347 g/mol. The SMILES string of the molecule is Cc1cc(OB(F)F)c(C(=O)/C=C/c2ccc(N(C)C)cc2)c(=O)o1. The van der Waals surface area contributed by atoms with Crippen molar-refractivity contribution in [3.8, 4) is 5.75 Å². The fourth-order valence-corrected chi connectivity index (χ4v) is 2.13. The van der Waals surface area contributed by atoms with Crippen LogP contribution >= 0.6 is 0 Å². The van der Waals surface area contributed by atoms with Crippen LogP contribution in [-0.4, -0.2) is 27.3 Å². The summed E-state index contributed by atoms with van der Waals surface area (Å²) in [6, 6.07) is 8.37. The third-order valence-electron chi connectivity index (χ3n) is 3.34. The Bertz CT molecular complexity index is 845. The van der Waals surface area contributed by atoms with Gasteiger partial charge in [-0.25, -0.2) is 13.4 Å². The highest BCUT2D eigenvalue weighted by Gasteiger charge is 2.24. The summed E-state index contributed by atoms with van der Waals surface area (Å²) in [6.07, 6.45) is 2.60. The number of rotatable bonds is 6. The number of nitrogens with zero attached hydrogens (tertiary/aromatic N) is 1. The number of anilines is 1. The number of hydrogen-bond acceptors (Lipinski definition) is 5. The fourth-order valence-electron chi connectivity index (χ4n) is 2.13. The molecule has 0 amide bonds. The van der Waals surface area contributed by atoms with Crippen molar-refractivity contribution in [1.29, 1.82) is 0 Å². The molecule has 0 unspecified atom stereocenters. The molecule has 2 aromatic rings. The smallest absolute Gasteiger partial charge is 0.504 e. The predicted octanol–water partition coefficient (Wildman–Crippen LogP) is 3.21. The molecule has 5 nitrogen and oxygen atoms in total. The molecule has 0 aliphatic heterocycles. The second-order valence-corrected chi connectivity index (χ2v) is 5.45. The first kappa shape index (κ1) is 18.4. The molecule has 0 spiro atoms.